The molecule has 0 spiro atoms. The van der Waals surface area contributed by atoms with Crippen LogP contribution in [0.2, 0.25) is 5.02 Å². The zero-order valence-corrected chi connectivity index (χ0v) is 10.1. The first-order chi connectivity index (χ1) is 7.09. The fourth-order valence-electron chi connectivity index (χ4n) is 0.906. The predicted octanol–water partition coefficient (Wildman–Crippen LogP) is 1.61. The molecule has 0 saturated heterocycles. The van der Waals surface area contributed by atoms with Crippen LogP contribution in [-0.4, -0.2) is 12.5 Å². The quantitative estimate of drug-likeness (QED) is 0.640. The molecule has 3 N–H and O–H groups in total. The van der Waals surface area contributed by atoms with Gasteiger partial charge in [-0.15, -0.1) is 0 Å². The van der Waals surface area contributed by atoms with Crippen molar-refractivity contribution < 1.29 is 9.63 Å². The summed E-state index contributed by atoms with van der Waals surface area (Å²) in [7, 11) is 0. The normalized spacial score (nSPS) is 10.3. The highest BCUT2D eigenvalue weighted by Gasteiger charge is 1.99. The average Bonchev–Trinajstić information content (AvgIpc) is 2.18. The summed E-state index contributed by atoms with van der Waals surface area (Å²) in [6.45, 7) is 0.331. The second-order valence-corrected chi connectivity index (χ2v) is 4.09. The number of hydrogen-bond donors (Lipinski definition) is 2. The minimum atomic E-state index is -0.514. The fraction of sp³-hybridized carbons (Fsp3) is 0.222. The van der Waals surface area contributed by atoms with Crippen molar-refractivity contribution in [3.8, 4) is 0 Å². The molecular formula is C9H10BrClN2O2. The molecule has 1 rings (SSSR count). The van der Waals surface area contributed by atoms with Crippen LogP contribution in [0.4, 0.5) is 0 Å². The van der Waals surface area contributed by atoms with Gasteiger partial charge < -0.3 is 5.73 Å². The van der Waals surface area contributed by atoms with Gasteiger partial charge in [0.05, 0.1) is 5.02 Å². The molecule has 0 unspecified atom stereocenters. The summed E-state index contributed by atoms with van der Waals surface area (Å²) in [6, 6.07) is 5.49. The highest BCUT2D eigenvalue weighted by Crippen LogP contribution is 2.22. The first-order valence-corrected chi connectivity index (χ1v) is 5.33. The molecule has 0 aromatic heterocycles. The Kier molecular flexibility index (Phi) is 5.04. The molecule has 1 aromatic carbocycles. The number of carbonyl (C=O) groups excluding carboxylic acids is 1. The zero-order chi connectivity index (χ0) is 11.3. The van der Waals surface area contributed by atoms with Crippen LogP contribution < -0.4 is 11.2 Å². The van der Waals surface area contributed by atoms with Gasteiger partial charge in [-0.2, -0.15) is 5.48 Å². The third kappa shape index (κ3) is 4.61. The molecule has 1 aromatic rings. The SMILES string of the molecule is NC(=O)CONCc1ccc(Cl)c(Br)c1. The van der Waals surface area contributed by atoms with Crippen LogP contribution in [0.3, 0.4) is 0 Å². The fourth-order valence-corrected chi connectivity index (χ4v) is 1.45. The standard InChI is InChI=1S/C9H10BrClN2O2/c10-7-3-6(1-2-8(7)11)4-13-15-5-9(12)14/h1-3,13H,4-5H2,(H2,12,14). The summed E-state index contributed by atoms with van der Waals surface area (Å²) in [5.41, 5.74) is 8.48. The van der Waals surface area contributed by atoms with E-state index in [2.05, 4.69) is 21.4 Å². The van der Waals surface area contributed by atoms with Crippen molar-refractivity contribution in [1.29, 1.82) is 0 Å². The molecule has 1 amide bonds. The minimum absolute atomic E-state index is 0.144. The lowest BCUT2D eigenvalue weighted by atomic mass is 10.2. The number of nitrogens with two attached hydrogens (primary N) is 1. The van der Waals surface area contributed by atoms with Gasteiger partial charge in [-0.3, -0.25) is 9.63 Å². The summed E-state index contributed by atoms with van der Waals surface area (Å²) in [5.74, 6) is -0.514. The zero-order valence-electron chi connectivity index (χ0n) is 7.80. The molecule has 0 fully saturated rings. The van der Waals surface area contributed by atoms with E-state index in [1.165, 1.54) is 0 Å². The van der Waals surface area contributed by atoms with E-state index in [9.17, 15) is 4.79 Å². The molecule has 0 aliphatic heterocycles. The van der Waals surface area contributed by atoms with E-state index in [1.54, 1.807) is 6.07 Å². The topological polar surface area (TPSA) is 64.4 Å². The van der Waals surface area contributed by atoms with Crippen molar-refractivity contribution in [1.82, 2.24) is 5.48 Å². The lowest BCUT2D eigenvalue weighted by molar-refractivity contribution is -0.125. The summed E-state index contributed by atoms with van der Waals surface area (Å²) >= 11 is 9.13. The van der Waals surface area contributed by atoms with Crippen LogP contribution in [0, 0.1) is 0 Å². The van der Waals surface area contributed by atoms with Gasteiger partial charge in [0.25, 0.3) is 0 Å². The number of nitrogens with one attached hydrogen (secondary N) is 1. The summed E-state index contributed by atoms with van der Waals surface area (Å²) in [6.07, 6.45) is 0. The van der Waals surface area contributed by atoms with Gasteiger partial charge in [-0.25, -0.2) is 0 Å². The Morgan fingerprint density at radius 1 is 1.60 bits per heavy atom. The molecule has 15 heavy (non-hydrogen) atoms. The van der Waals surface area contributed by atoms with Crippen molar-refractivity contribution in [3.63, 3.8) is 0 Å². The van der Waals surface area contributed by atoms with Gasteiger partial charge in [0.15, 0.2) is 0 Å². The summed E-state index contributed by atoms with van der Waals surface area (Å²) in [4.78, 5) is 15.1. The lowest BCUT2D eigenvalue weighted by Crippen LogP contribution is -2.24. The van der Waals surface area contributed by atoms with E-state index in [1.807, 2.05) is 12.1 Å². The number of primary amides is 1. The minimum Gasteiger partial charge on any atom is -0.368 e. The monoisotopic (exact) mass is 292 g/mol. The van der Waals surface area contributed by atoms with Gasteiger partial charge in [0, 0.05) is 11.0 Å². The van der Waals surface area contributed by atoms with Crippen molar-refractivity contribution >= 4 is 33.4 Å². The number of hydroxylamine groups is 1. The third-order valence-corrected chi connectivity index (χ3v) is 2.79. The maximum atomic E-state index is 10.3. The van der Waals surface area contributed by atoms with Crippen LogP contribution in [0.1, 0.15) is 5.56 Å². The Morgan fingerprint density at radius 2 is 2.33 bits per heavy atom. The van der Waals surface area contributed by atoms with Gasteiger partial charge in [0.1, 0.15) is 6.61 Å². The van der Waals surface area contributed by atoms with Gasteiger partial charge >= 0.3 is 0 Å². The van der Waals surface area contributed by atoms with Crippen LogP contribution in [0.15, 0.2) is 22.7 Å². The molecular weight excluding hydrogens is 283 g/mol. The van der Waals surface area contributed by atoms with Crippen molar-refractivity contribution in [2.45, 2.75) is 6.54 Å². The van der Waals surface area contributed by atoms with Crippen molar-refractivity contribution in [2.75, 3.05) is 6.61 Å². The van der Waals surface area contributed by atoms with Gasteiger partial charge in [-0.1, -0.05) is 17.7 Å². The number of benzene rings is 1. The molecule has 0 aliphatic carbocycles. The maximum absolute atomic E-state index is 10.3. The Balaban J connectivity index is 2.38. The Hall–Kier alpha value is -0.620. The molecule has 0 bridgehead atoms. The predicted molar refractivity (Wildman–Crippen MR) is 61.1 cm³/mol. The van der Waals surface area contributed by atoms with Crippen molar-refractivity contribution in [2.24, 2.45) is 5.73 Å². The Labute approximate surface area is 101 Å². The molecule has 0 heterocycles. The molecule has 0 saturated carbocycles. The van der Waals surface area contributed by atoms with E-state index in [4.69, 9.17) is 22.2 Å². The maximum Gasteiger partial charge on any atom is 0.245 e. The van der Waals surface area contributed by atoms with E-state index in [0.717, 1.165) is 10.0 Å². The average molecular weight is 294 g/mol. The molecule has 0 atom stereocenters. The van der Waals surface area contributed by atoms with E-state index in [-0.39, 0.29) is 6.61 Å². The van der Waals surface area contributed by atoms with E-state index >= 15 is 0 Å². The first kappa shape index (κ1) is 12.4. The summed E-state index contributed by atoms with van der Waals surface area (Å²) < 4.78 is 0.818. The number of hydrogen-bond acceptors (Lipinski definition) is 3. The second kappa shape index (κ2) is 6.07. The summed E-state index contributed by atoms with van der Waals surface area (Å²) in [5, 5.41) is 0.650. The second-order valence-electron chi connectivity index (χ2n) is 2.82. The number of carbonyl (C=O) groups is 1. The van der Waals surface area contributed by atoms with Crippen molar-refractivity contribution in [3.05, 3.63) is 33.3 Å². The largest absolute Gasteiger partial charge is 0.368 e. The third-order valence-electron chi connectivity index (χ3n) is 1.58. The van der Waals surface area contributed by atoms with Crippen LogP contribution in [0.25, 0.3) is 0 Å². The van der Waals surface area contributed by atoms with E-state index in [0.29, 0.717) is 11.6 Å². The van der Waals surface area contributed by atoms with Crippen LogP contribution >= 0.6 is 27.5 Å². The number of halogens is 2. The molecule has 0 radical (unpaired) electrons. The number of amides is 1. The number of rotatable bonds is 5. The van der Waals surface area contributed by atoms with E-state index < -0.39 is 5.91 Å². The molecule has 82 valence electrons. The highest BCUT2D eigenvalue weighted by molar-refractivity contribution is 9.10. The van der Waals surface area contributed by atoms with Gasteiger partial charge in [0.2, 0.25) is 5.91 Å². The van der Waals surface area contributed by atoms with Gasteiger partial charge in [-0.05, 0) is 33.6 Å². The van der Waals surface area contributed by atoms with Crippen LogP contribution in [-0.2, 0) is 16.2 Å². The molecule has 4 nitrogen and oxygen atoms in total. The Bertz CT molecular complexity index is 360. The highest BCUT2D eigenvalue weighted by atomic mass is 79.9. The smallest absolute Gasteiger partial charge is 0.245 e. The lowest BCUT2D eigenvalue weighted by Gasteiger charge is -2.05. The van der Waals surface area contributed by atoms with Crippen LogP contribution in [0.5, 0.6) is 0 Å². The molecule has 6 heteroatoms. The first-order valence-electron chi connectivity index (χ1n) is 4.16. The molecule has 0 aliphatic rings. The Morgan fingerprint density at radius 3 is 2.93 bits per heavy atom.